The molecule has 0 spiro atoms. The van der Waals surface area contributed by atoms with Crippen molar-refractivity contribution in [1.29, 1.82) is 0 Å². The zero-order valence-corrected chi connectivity index (χ0v) is 11.6. The number of nitrogens with zero attached hydrogens (tertiary/aromatic N) is 1. The first-order chi connectivity index (χ1) is 9.81. The van der Waals surface area contributed by atoms with Crippen LogP contribution in [0.3, 0.4) is 0 Å². The standard InChI is InChI=1S/C16H21FN2O/c17-15-4-2-1-3-13(15)10-14-11-19-16(20-14)9-12-5-7-18-8-6-12/h1-4,12,14,18H,5-11H2. The first kappa shape index (κ1) is 13.6. The van der Waals surface area contributed by atoms with Crippen LogP contribution >= 0.6 is 0 Å². The molecule has 1 atom stereocenters. The summed E-state index contributed by atoms with van der Waals surface area (Å²) in [6, 6.07) is 6.90. The summed E-state index contributed by atoms with van der Waals surface area (Å²) in [7, 11) is 0. The van der Waals surface area contributed by atoms with E-state index in [4.69, 9.17) is 4.74 Å². The third-order valence-electron chi connectivity index (χ3n) is 4.10. The van der Waals surface area contributed by atoms with E-state index in [1.807, 2.05) is 12.1 Å². The molecule has 1 aromatic rings. The Bertz CT molecular complexity index is 483. The third-order valence-corrected chi connectivity index (χ3v) is 4.10. The number of piperidine rings is 1. The summed E-state index contributed by atoms with van der Waals surface area (Å²) in [6.45, 7) is 2.85. The Morgan fingerprint density at radius 1 is 1.20 bits per heavy atom. The SMILES string of the molecule is Fc1ccccc1CC1CN=C(CC2CCNCC2)O1. The number of halogens is 1. The molecule has 1 N–H and O–H groups in total. The average Bonchev–Trinajstić information content (AvgIpc) is 2.90. The Hall–Kier alpha value is -1.42. The van der Waals surface area contributed by atoms with Crippen LogP contribution in [-0.4, -0.2) is 31.6 Å². The summed E-state index contributed by atoms with van der Waals surface area (Å²) in [4.78, 5) is 4.49. The molecule has 1 fully saturated rings. The fourth-order valence-corrected chi connectivity index (χ4v) is 2.93. The maximum atomic E-state index is 13.6. The Balaban J connectivity index is 1.50. The number of benzene rings is 1. The number of nitrogens with one attached hydrogen (secondary N) is 1. The van der Waals surface area contributed by atoms with Crippen LogP contribution < -0.4 is 5.32 Å². The molecule has 3 rings (SSSR count). The lowest BCUT2D eigenvalue weighted by molar-refractivity contribution is 0.211. The highest BCUT2D eigenvalue weighted by Gasteiger charge is 2.24. The van der Waals surface area contributed by atoms with Crippen LogP contribution in [0.5, 0.6) is 0 Å². The zero-order valence-electron chi connectivity index (χ0n) is 11.6. The van der Waals surface area contributed by atoms with E-state index >= 15 is 0 Å². The fraction of sp³-hybridized carbons (Fsp3) is 0.562. The summed E-state index contributed by atoms with van der Waals surface area (Å²) < 4.78 is 19.5. The smallest absolute Gasteiger partial charge is 0.184 e. The van der Waals surface area contributed by atoms with E-state index in [1.165, 1.54) is 18.9 Å². The van der Waals surface area contributed by atoms with Gasteiger partial charge in [0.2, 0.25) is 0 Å². The Labute approximate surface area is 119 Å². The van der Waals surface area contributed by atoms with Crippen molar-refractivity contribution in [2.45, 2.75) is 31.8 Å². The molecule has 20 heavy (non-hydrogen) atoms. The summed E-state index contributed by atoms with van der Waals surface area (Å²) in [6.07, 6.45) is 3.94. The van der Waals surface area contributed by atoms with Crippen LogP contribution in [-0.2, 0) is 11.2 Å². The highest BCUT2D eigenvalue weighted by molar-refractivity contribution is 5.78. The molecule has 3 nitrogen and oxygen atoms in total. The van der Waals surface area contributed by atoms with E-state index in [-0.39, 0.29) is 11.9 Å². The van der Waals surface area contributed by atoms with E-state index in [9.17, 15) is 4.39 Å². The molecule has 108 valence electrons. The van der Waals surface area contributed by atoms with E-state index in [0.29, 0.717) is 18.9 Å². The molecule has 1 aromatic carbocycles. The first-order valence-corrected chi connectivity index (χ1v) is 7.45. The van der Waals surface area contributed by atoms with E-state index < -0.39 is 0 Å². The largest absolute Gasteiger partial charge is 0.475 e. The summed E-state index contributed by atoms with van der Waals surface area (Å²) >= 11 is 0. The lowest BCUT2D eigenvalue weighted by Gasteiger charge is -2.22. The van der Waals surface area contributed by atoms with Gasteiger partial charge in [-0.2, -0.15) is 0 Å². The molecule has 0 saturated carbocycles. The predicted molar refractivity (Wildman–Crippen MR) is 77.5 cm³/mol. The number of aliphatic imine (C=N–C) groups is 1. The van der Waals surface area contributed by atoms with Gasteiger partial charge >= 0.3 is 0 Å². The molecule has 1 unspecified atom stereocenters. The lowest BCUT2D eigenvalue weighted by atomic mass is 9.95. The van der Waals surface area contributed by atoms with Crippen LogP contribution in [0.2, 0.25) is 0 Å². The van der Waals surface area contributed by atoms with Crippen LogP contribution in [0.1, 0.15) is 24.8 Å². The van der Waals surface area contributed by atoms with Crippen molar-refractivity contribution in [1.82, 2.24) is 5.32 Å². The minimum absolute atomic E-state index is 0.00335. The van der Waals surface area contributed by atoms with Crippen molar-refractivity contribution in [3.8, 4) is 0 Å². The second-order valence-corrected chi connectivity index (χ2v) is 5.67. The first-order valence-electron chi connectivity index (χ1n) is 7.45. The van der Waals surface area contributed by atoms with Crippen molar-refractivity contribution in [3.05, 3.63) is 35.6 Å². The molecule has 0 aromatic heterocycles. The number of ether oxygens (including phenoxy) is 1. The molecular weight excluding hydrogens is 255 g/mol. The van der Waals surface area contributed by atoms with Crippen LogP contribution in [0.25, 0.3) is 0 Å². The van der Waals surface area contributed by atoms with Crippen molar-refractivity contribution in [2.75, 3.05) is 19.6 Å². The normalized spacial score (nSPS) is 23.4. The van der Waals surface area contributed by atoms with Gasteiger partial charge in [-0.05, 0) is 43.5 Å². The molecule has 0 bridgehead atoms. The molecule has 2 aliphatic heterocycles. The maximum absolute atomic E-state index is 13.6. The predicted octanol–water partition coefficient (Wildman–Crippen LogP) is 2.56. The van der Waals surface area contributed by atoms with Gasteiger partial charge in [-0.3, -0.25) is 4.99 Å². The van der Waals surface area contributed by atoms with Gasteiger partial charge in [0.05, 0.1) is 6.54 Å². The average molecular weight is 276 g/mol. The molecular formula is C16H21FN2O. The van der Waals surface area contributed by atoms with Gasteiger partial charge in [-0.1, -0.05) is 18.2 Å². The van der Waals surface area contributed by atoms with Crippen molar-refractivity contribution in [3.63, 3.8) is 0 Å². The van der Waals surface area contributed by atoms with Gasteiger partial charge in [0.25, 0.3) is 0 Å². The third kappa shape index (κ3) is 3.37. The molecule has 4 heteroatoms. The lowest BCUT2D eigenvalue weighted by Crippen LogP contribution is -2.29. The minimum atomic E-state index is -0.150. The highest BCUT2D eigenvalue weighted by Crippen LogP contribution is 2.21. The van der Waals surface area contributed by atoms with E-state index in [0.717, 1.165) is 31.0 Å². The maximum Gasteiger partial charge on any atom is 0.184 e. The molecule has 0 aliphatic carbocycles. The van der Waals surface area contributed by atoms with Gasteiger partial charge in [0.1, 0.15) is 11.9 Å². The number of hydrogen-bond donors (Lipinski definition) is 1. The molecule has 2 heterocycles. The minimum Gasteiger partial charge on any atom is -0.475 e. The zero-order chi connectivity index (χ0) is 13.8. The molecule has 1 saturated heterocycles. The van der Waals surface area contributed by atoms with Gasteiger partial charge in [0.15, 0.2) is 5.90 Å². The topological polar surface area (TPSA) is 33.6 Å². The molecule has 0 radical (unpaired) electrons. The van der Waals surface area contributed by atoms with Crippen molar-refractivity contribution in [2.24, 2.45) is 10.9 Å². The number of hydrogen-bond acceptors (Lipinski definition) is 3. The second kappa shape index (κ2) is 6.35. The summed E-state index contributed by atoms with van der Waals surface area (Å²) in [5.41, 5.74) is 0.718. The fourth-order valence-electron chi connectivity index (χ4n) is 2.93. The van der Waals surface area contributed by atoms with Crippen LogP contribution in [0.4, 0.5) is 4.39 Å². The Morgan fingerprint density at radius 3 is 2.80 bits per heavy atom. The monoisotopic (exact) mass is 276 g/mol. The Kier molecular flexibility index (Phi) is 4.31. The summed E-state index contributed by atoms with van der Waals surface area (Å²) in [5, 5.41) is 3.36. The number of rotatable bonds is 4. The second-order valence-electron chi connectivity index (χ2n) is 5.67. The van der Waals surface area contributed by atoms with Gasteiger partial charge in [-0.25, -0.2) is 4.39 Å². The van der Waals surface area contributed by atoms with Gasteiger partial charge in [0, 0.05) is 12.8 Å². The van der Waals surface area contributed by atoms with Gasteiger partial charge < -0.3 is 10.1 Å². The Morgan fingerprint density at radius 2 is 2.00 bits per heavy atom. The van der Waals surface area contributed by atoms with E-state index in [2.05, 4.69) is 10.3 Å². The van der Waals surface area contributed by atoms with Gasteiger partial charge in [-0.15, -0.1) is 0 Å². The van der Waals surface area contributed by atoms with E-state index in [1.54, 1.807) is 6.07 Å². The van der Waals surface area contributed by atoms with Crippen LogP contribution in [0, 0.1) is 11.7 Å². The van der Waals surface area contributed by atoms with Crippen molar-refractivity contribution < 1.29 is 9.13 Å². The molecule has 0 amide bonds. The van der Waals surface area contributed by atoms with Crippen LogP contribution in [0.15, 0.2) is 29.3 Å². The quantitative estimate of drug-likeness (QED) is 0.917. The van der Waals surface area contributed by atoms with Crippen molar-refractivity contribution >= 4 is 5.90 Å². The molecule has 2 aliphatic rings. The highest BCUT2D eigenvalue weighted by atomic mass is 19.1. The summed E-state index contributed by atoms with van der Waals surface area (Å²) in [5.74, 6) is 1.41.